The molecule has 0 aliphatic heterocycles. The minimum atomic E-state index is -1.15. The molecule has 0 unspecified atom stereocenters. The maximum atomic E-state index is 10.4. The molecule has 0 aliphatic rings. The fraction of sp³-hybridized carbons (Fsp3) is 0. The average molecular weight is 681 g/mol. The van der Waals surface area contributed by atoms with Gasteiger partial charge in [-0.2, -0.15) is 0 Å². The SMILES string of the molecule is [2H]c1c([2H])c([2H])c(-c2c([2H])c([2H])c([2H])c([2H])c2-n2c3c([2H])c([2H])c([2H])c([2H])c3c3c([2H])c([2H])c(-n4c5c([2H])c([2H])c([2H])c([2H])c5c5c([2H])c([2H])c([2H])c(-n6c7c([2H])c([2H])c([2H])c([2H])c7c7c([2H])c([2H])c([2H])c([2H])c76)c54)c([2H])c32)c([2H])c1[2H]. The number of para-hydroxylation sites is 6. The Hall–Kier alpha value is -6.84. The summed E-state index contributed by atoms with van der Waals surface area (Å²) in [6.07, 6.45) is 0. The molecule has 0 aliphatic carbocycles. The molecular weight excluding hydrogens is 619 g/mol. The molecule has 0 atom stereocenters. The Morgan fingerprint density at radius 1 is 0.314 bits per heavy atom. The van der Waals surface area contributed by atoms with Gasteiger partial charge in [-0.15, -0.1) is 0 Å². The van der Waals surface area contributed by atoms with Crippen LogP contribution < -0.4 is 0 Å². The van der Waals surface area contributed by atoms with Crippen LogP contribution in [0.1, 0.15) is 42.5 Å². The van der Waals surface area contributed by atoms with Crippen LogP contribution in [0.5, 0.6) is 0 Å². The van der Waals surface area contributed by atoms with E-state index in [1.165, 1.54) is 0 Å². The predicted octanol–water partition coefficient (Wildman–Crippen LogP) is 12.6. The Balaban J connectivity index is 1.50. The molecule has 0 bridgehead atoms. The standard InChI is InChI=1S/C48H31N3/c1-2-15-32(16-3-1)34-17-4-9-23-41(34)51-45-27-13-7-20-37(45)39-30-29-33(31-47(39)51)49-42-24-10-8-21-38(42)40-22-14-28-46(48(40)49)50-43-25-11-5-18-35(43)36-19-6-12-26-44(36)50/h1-31H/i1D,2D,3D,4D,5D,6D,7D,8D,9D,10D,11D,12D,13D,14D,15D,16D,17D,18D,19D,20D,21D,22D,23D,24D,25D,26D,27D,28D,29D,30D,31D. The Kier molecular flexibility index (Phi) is 2.41. The molecule has 3 nitrogen and oxygen atoms in total. The van der Waals surface area contributed by atoms with Crippen LogP contribution in [0.25, 0.3) is 93.6 Å². The number of hydrogen-bond donors (Lipinski definition) is 0. The van der Waals surface area contributed by atoms with Crippen molar-refractivity contribution in [2.45, 2.75) is 0 Å². The van der Waals surface area contributed by atoms with Crippen LogP contribution in [0.4, 0.5) is 0 Å². The molecule has 11 rings (SSSR count). The fourth-order valence-electron chi connectivity index (χ4n) is 6.45. The molecule has 0 N–H and O–H groups in total. The molecule has 0 amide bonds. The molecule has 0 saturated heterocycles. The maximum Gasteiger partial charge on any atom is 0.0782 e. The first kappa shape index (κ1) is 11.3. The van der Waals surface area contributed by atoms with E-state index in [0.29, 0.717) is 9.13 Å². The lowest BCUT2D eigenvalue weighted by molar-refractivity contribution is 1.13. The van der Waals surface area contributed by atoms with Crippen molar-refractivity contribution in [1.29, 1.82) is 0 Å². The van der Waals surface area contributed by atoms with E-state index in [0.717, 1.165) is 4.57 Å². The first-order valence-electron chi connectivity index (χ1n) is 30.5. The number of fused-ring (bicyclic) bond motifs is 9. The molecule has 3 aromatic heterocycles. The first-order valence-corrected chi connectivity index (χ1v) is 15.0. The Bertz CT molecular complexity index is 4830. The van der Waals surface area contributed by atoms with Gasteiger partial charge in [0.25, 0.3) is 0 Å². The molecule has 0 spiro atoms. The second kappa shape index (κ2) is 10.8. The summed E-state index contributed by atoms with van der Waals surface area (Å²) in [5.41, 5.74) is -9.11. The van der Waals surface area contributed by atoms with Crippen molar-refractivity contribution in [3.05, 3.63) is 187 Å². The summed E-state index contributed by atoms with van der Waals surface area (Å²) >= 11 is 0. The zero-order chi connectivity index (χ0) is 60.4. The van der Waals surface area contributed by atoms with Crippen LogP contribution in [0.2, 0.25) is 0 Å². The summed E-state index contributed by atoms with van der Waals surface area (Å²) in [6.45, 7) is 0. The van der Waals surface area contributed by atoms with Gasteiger partial charge < -0.3 is 13.7 Å². The van der Waals surface area contributed by atoms with Crippen molar-refractivity contribution < 1.29 is 42.5 Å². The molecular formula is C48H31N3. The molecule has 51 heavy (non-hydrogen) atoms. The number of benzene rings is 8. The van der Waals surface area contributed by atoms with Crippen LogP contribution in [0, 0.1) is 0 Å². The summed E-state index contributed by atoms with van der Waals surface area (Å²) in [5, 5.41) is -3.86. The summed E-state index contributed by atoms with van der Waals surface area (Å²) in [7, 11) is 0. The van der Waals surface area contributed by atoms with Gasteiger partial charge in [0.2, 0.25) is 0 Å². The van der Waals surface area contributed by atoms with Gasteiger partial charge in [-0.3, -0.25) is 0 Å². The zero-order valence-electron chi connectivity index (χ0n) is 56.3. The smallest absolute Gasteiger partial charge is 0.0782 e. The third kappa shape index (κ3) is 4.00. The van der Waals surface area contributed by atoms with Crippen molar-refractivity contribution in [1.82, 2.24) is 13.7 Å². The van der Waals surface area contributed by atoms with E-state index in [4.69, 9.17) is 23.3 Å². The van der Waals surface area contributed by atoms with E-state index in [-0.39, 0.29) is 0 Å². The second-order valence-corrected chi connectivity index (χ2v) is 11.0. The van der Waals surface area contributed by atoms with Crippen molar-refractivity contribution in [3.63, 3.8) is 0 Å². The molecule has 0 fully saturated rings. The maximum absolute atomic E-state index is 10.4. The lowest BCUT2D eigenvalue weighted by atomic mass is 10.0. The van der Waals surface area contributed by atoms with Crippen molar-refractivity contribution in [2.75, 3.05) is 0 Å². The van der Waals surface area contributed by atoms with E-state index in [2.05, 4.69) is 0 Å². The third-order valence-corrected chi connectivity index (χ3v) is 8.46. The quantitative estimate of drug-likeness (QED) is 0.176. The second-order valence-electron chi connectivity index (χ2n) is 11.0. The summed E-state index contributed by atoms with van der Waals surface area (Å²) in [5.74, 6) is 0. The van der Waals surface area contributed by atoms with Crippen LogP contribution in [0.3, 0.4) is 0 Å². The predicted molar refractivity (Wildman–Crippen MR) is 215 cm³/mol. The molecule has 0 saturated carbocycles. The lowest BCUT2D eigenvalue weighted by Crippen LogP contribution is -2.01. The van der Waals surface area contributed by atoms with Crippen LogP contribution in [-0.2, 0) is 0 Å². The van der Waals surface area contributed by atoms with Gasteiger partial charge in [0.05, 0.1) is 87.0 Å². The molecule has 3 heteroatoms. The minimum absolute atomic E-state index is 0.557. The number of hydrogen-bond acceptors (Lipinski definition) is 0. The van der Waals surface area contributed by atoms with Crippen molar-refractivity contribution in [2.24, 2.45) is 0 Å². The van der Waals surface area contributed by atoms with Gasteiger partial charge in [-0.25, -0.2) is 0 Å². The Labute approximate surface area is 338 Å². The van der Waals surface area contributed by atoms with Gasteiger partial charge in [-0.05, 0) is 53.9 Å². The molecule has 3 heterocycles. The molecule has 0 radical (unpaired) electrons. The van der Waals surface area contributed by atoms with E-state index in [1.54, 1.807) is 0 Å². The third-order valence-electron chi connectivity index (χ3n) is 8.46. The Morgan fingerprint density at radius 3 is 1.41 bits per heavy atom. The van der Waals surface area contributed by atoms with Crippen LogP contribution in [0.15, 0.2) is 187 Å². The lowest BCUT2D eigenvalue weighted by Gasteiger charge is -2.16. The Morgan fingerprint density at radius 2 is 0.765 bits per heavy atom. The summed E-state index contributed by atoms with van der Waals surface area (Å²) in [4.78, 5) is 0. The first-order chi connectivity index (χ1) is 38.2. The summed E-state index contributed by atoms with van der Waals surface area (Å²) < 4.78 is 285. The van der Waals surface area contributed by atoms with Crippen molar-refractivity contribution in [3.8, 4) is 28.2 Å². The summed E-state index contributed by atoms with van der Waals surface area (Å²) in [6, 6.07) is -30.9. The van der Waals surface area contributed by atoms with Gasteiger partial charge in [0.15, 0.2) is 0 Å². The van der Waals surface area contributed by atoms with E-state index in [1.807, 2.05) is 0 Å². The molecule has 8 aromatic carbocycles. The number of nitrogens with zero attached hydrogens (tertiary/aromatic N) is 3. The van der Waals surface area contributed by atoms with Gasteiger partial charge >= 0.3 is 0 Å². The minimum Gasteiger partial charge on any atom is -0.309 e. The number of aromatic nitrogens is 3. The highest BCUT2D eigenvalue weighted by molar-refractivity contribution is 6.16. The normalized spacial score (nSPS) is 20.4. The van der Waals surface area contributed by atoms with Gasteiger partial charge in [-0.1, -0.05) is 139 Å². The highest BCUT2D eigenvalue weighted by atomic mass is 15.1. The topological polar surface area (TPSA) is 14.8 Å². The fourth-order valence-corrected chi connectivity index (χ4v) is 6.45. The van der Waals surface area contributed by atoms with E-state index >= 15 is 0 Å². The number of rotatable bonds is 4. The van der Waals surface area contributed by atoms with Crippen LogP contribution in [-0.4, -0.2) is 13.7 Å². The van der Waals surface area contributed by atoms with Gasteiger partial charge in [0.1, 0.15) is 0 Å². The molecule has 11 aromatic rings. The molecule has 238 valence electrons. The van der Waals surface area contributed by atoms with E-state index in [9.17, 15) is 19.2 Å². The van der Waals surface area contributed by atoms with Crippen LogP contribution >= 0.6 is 0 Å². The average Bonchev–Trinajstić information content (AvgIpc) is 1.59. The van der Waals surface area contributed by atoms with Crippen molar-refractivity contribution >= 4 is 65.4 Å². The largest absolute Gasteiger partial charge is 0.309 e. The highest BCUT2D eigenvalue weighted by Gasteiger charge is 2.21. The highest BCUT2D eigenvalue weighted by Crippen LogP contribution is 2.42. The van der Waals surface area contributed by atoms with E-state index < -0.39 is 281 Å². The van der Waals surface area contributed by atoms with Gasteiger partial charge in [0, 0.05) is 43.6 Å². The zero-order valence-corrected chi connectivity index (χ0v) is 25.3. The monoisotopic (exact) mass is 680 g/mol.